The minimum absolute atomic E-state index is 0.222. The lowest BCUT2D eigenvalue weighted by Gasteiger charge is -2.03. The summed E-state index contributed by atoms with van der Waals surface area (Å²) in [4.78, 5) is 18.7. The number of carbonyl (C=O) groups is 2. The van der Waals surface area contributed by atoms with Crippen molar-refractivity contribution in [1.82, 2.24) is 0 Å². The molecule has 0 aromatic carbocycles. The molecule has 42 heavy (non-hydrogen) atoms. The predicted molar refractivity (Wildman–Crippen MR) is 195 cm³/mol. The molecule has 0 unspecified atom stereocenters. The van der Waals surface area contributed by atoms with Gasteiger partial charge in [0.15, 0.2) is 0 Å². The zero-order chi connectivity index (χ0) is 32.4. The summed E-state index contributed by atoms with van der Waals surface area (Å²) in [6, 6.07) is 0. The number of hydrogen-bond acceptors (Lipinski definition) is 4. The van der Waals surface area contributed by atoms with Crippen molar-refractivity contribution in [3.05, 3.63) is 0 Å². The first-order valence-electron chi connectivity index (χ1n) is 18.0. The van der Waals surface area contributed by atoms with Gasteiger partial charge in [0, 0.05) is 12.8 Å². The molecule has 0 aliphatic heterocycles. The van der Waals surface area contributed by atoms with E-state index < -0.39 is 11.9 Å². The molecule has 0 aliphatic carbocycles. The predicted octanol–water partition coefficient (Wildman–Crippen LogP) is 13.0. The molecule has 0 bridgehead atoms. The largest absolute Gasteiger partial charge is 0.481 e. The van der Waals surface area contributed by atoms with E-state index in [1.165, 1.54) is 167 Å². The summed E-state index contributed by atoms with van der Waals surface area (Å²) < 4.78 is 0. The standard InChI is InChI=1S/C18H38S.C12H26S.2C3H6O2/c1-2-3-4-5-6-7-8-9-10-11-12-13-14-15-16-17-18-19;1-2-3-4-5-6-7-8-9-10-11-12-13;2*1-2-3(4)5/h19H,2-18H2,1H3;13H,2-12H2,1H3;2*2H2,1H3,(H,4,5). The summed E-state index contributed by atoms with van der Waals surface area (Å²) in [5.74, 6) is 0.643. The Morgan fingerprint density at radius 3 is 0.619 bits per heavy atom. The SMILES string of the molecule is CCC(=O)O.CCC(=O)O.CCCCCCCCCCCCCCCCCCS.CCCCCCCCCCCCS. The van der Waals surface area contributed by atoms with Crippen LogP contribution in [0.1, 0.15) is 207 Å². The second-order valence-electron chi connectivity index (χ2n) is 11.4. The van der Waals surface area contributed by atoms with Crippen LogP contribution in [0.25, 0.3) is 0 Å². The lowest BCUT2D eigenvalue weighted by molar-refractivity contribution is -0.137. The Kier molecular flexibility index (Phi) is 58.1. The van der Waals surface area contributed by atoms with Crippen molar-refractivity contribution in [3.63, 3.8) is 0 Å². The molecule has 0 aromatic heterocycles. The van der Waals surface area contributed by atoms with Gasteiger partial charge in [0.2, 0.25) is 0 Å². The average Bonchev–Trinajstić information content (AvgIpc) is 2.99. The summed E-state index contributed by atoms with van der Waals surface area (Å²) in [5, 5.41) is 15.4. The topological polar surface area (TPSA) is 74.6 Å². The summed E-state index contributed by atoms with van der Waals surface area (Å²) in [7, 11) is 0. The lowest BCUT2D eigenvalue weighted by Crippen LogP contribution is -1.86. The van der Waals surface area contributed by atoms with E-state index in [1.807, 2.05) is 0 Å². The Morgan fingerprint density at radius 2 is 0.500 bits per heavy atom. The maximum atomic E-state index is 9.37. The number of carboxylic acids is 2. The number of thiol groups is 2. The third-order valence-electron chi connectivity index (χ3n) is 7.13. The molecule has 0 atom stereocenters. The second-order valence-corrected chi connectivity index (χ2v) is 12.3. The van der Waals surface area contributed by atoms with Crippen LogP contribution in [-0.2, 0) is 9.59 Å². The first kappa shape index (κ1) is 48.5. The average molecular weight is 637 g/mol. The third-order valence-corrected chi connectivity index (χ3v) is 7.76. The minimum Gasteiger partial charge on any atom is -0.481 e. The van der Waals surface area contributed by atoms with Crippen LogP contribution in [0.3, 0.4) is 0 Å². The maximum Gasteiger partial charge on any atom is 0.303 e. The molecule has 0 aliphatic rings. The van der Waals surface area contributed by atoms with Gasteiger partial charge in [-0.05, 0) is 24.3 Å². The van der Waals surface area contributed by atoms with Gasteiger partial charge in [-0.15, -0.1) is 0 Å². The Balaban J connectivity index is -0.000000268. The van der Waals surface area contributed by atoms with Crippen molar-refractivity contribution >= 4 is 37.2 Å². The molecular weight excluding hydrogens is 561 g/mol. The molecule has 4 nitrogen and oxygen atoms in total. The fourth-order valence-corrected chi connectivity index (χ4v) is 4.71. The van der Waals surface area contributed by atoms with Crippen LogP contribution in [-0.4, -0.2) is 33.7 Å². The molecule has 0 saturated heterocycles. The van der Waals surface area contributed by atoms with Crippen molar-refractivity contribution in [2.24, 2.45) is 0 Å². The van der Waals surface area contributed by atoms with Gasteiger partial charge in [0.25, 0.3) is 0 Å². The van der Waals surface area contributed by atoms with E-state index in [1.54, 1.807) is 13.8 Å². The van der Waals surface area contributed by atoms with Crippen molar-refractivity contribution in [2.45, 2.75) is 207 Å². The van der Waals surface area contributed by atoms with Gasteiger partial charge in [-0.2, -0.15) is 25.3 Å². The zero-order valence-corrected chi connectivity index (χ0v) is 30.6. The van der Waals surface area contributed by atoms with Gasteiger partial charge in [0.05, 0.1) is 0 Å². The van der Waals surface area contributed by atoms with E-state index in [0.717, 1.165) is 11.5 Å². The van der Waals surface area contributed by atoms with Crippen LogP contribution >= 0.6 is 25.3 Å². The monoisotopic (exact) mass is 637 g/mol. The van der Waals surface area contributed by atoms with Gasteiger partial charge in [0.1, 0.15) is 0 Å². The van der Waals surface area contributed by atoms with Crippen molar-refractivity contribution in [2.75, 3.05) is 11.5 Å². The molecule has 0 heterocycles. The van der Waals surface area contributed by atoms with Crippen molar-refractivity contribution < 1.29 is 19.8 Å². The molecule has 2 N–H and O–H groups in total. The molecule has 0 fully saturated rings. The van der Waals surface area contributed by atoms with Crippen LogP contribution in [0.4, 0.5) is 0 Å². The minimum atomic E-state index is -0.745. The summed E-state index contributed by atoms with van der Waals surface area (Å²) in [6.07, 6.45) is 37.7. The highest BCUT2D eigenvalue weighted by Crippen LogP contribution is 2.14. The smallest absolute Gasteiger partial charge is 0.303 e. The van der Waals surface area contributed by atoms with Crippen LogP contribution in [0.5, 0.6) is 0 Å². The van der Waals surface area contributed by atoms with E-state index in [2.05, 4.69) is 39.1 Å². The molecule has 0 saturated carbocycles. The first-order chi connectivity index (χ1) is 20.4. The fraction of sp³-hybridized carbons (Fsp3) is 0.944. The number of hydrogen-bond donors (Lipinski definition) is 4. The third kappa shape index (κ3) is 67.4. The number of unbranched alkanes of at least 4 members (excludes halogenated alkanes) is 24. The normalized spacial score (nSPS) is 10.0. The molecule has 256 valence electrons. The highest BCUT2D eigenvalue weighted by molar-refractivity contribution is 7.80. The molecule has 0 amide bonds. The van der Waals surface area contributed by atoms with Crippen LogP contribution < -0.4 is 0 Å². The van der Waals surface area contributed by atoms with Crippen LogP contribution in [0.2, 0.25) is 0 Å². The van der Waals surface area contributed by atoms with Gasteiger partial charge in [-0.25, -0.2) is 0 Å². The highest BCUT2D eigenvalue weighted by atomic mass is 32.1. The first-order valence-corrected chi connectivity index (χ1v) is 19.3. The molecule has 0 rings (SSSR count). The zero-order valence-electron chi connectivity index (χ0n) is 28.8. The van der Waals surface area contributed by atoms with Gasteiger partial charge < -0.3 is 10.2 Å². The van der Waals surface area contributed by atoms with Crippen molar-refractivity contribution in [1.29, 1.82) is 0 Å². The summed E-state index contributed by atoms with van der Waals surface area (Å²) >= 11 is 8.45. The van der Waals surface area contributed by atoms with Crippen LogP contribution in [0.15, 0.2) is 0 Å². The molecule has 0 radical (unpaired) electrons. The van der Waals surface area contributed by atoms with Gasteiger partial charge in [-0.3, -0.25) is 9.59 Å². The highest BCUT2D eigenvalue weighted by Gasteiger charge is 1.94. The maximum absolute atomic E-state index is 9.37. The molecule has 0 spiro atoms. The quantitative estimate of drug-likeness (QED) is 0.0509. The second kappa shape index (κ2) is 50.3. The Bertz CT molecular complexity index is 435. The van der Waals surface area contributed by atoms with E-state index in [0.29, 0.717) is 0 Å². The van der Waals surface area contributed by atoms with E-state index in [4.69, 9.17) is 10.2 Å². The Hall–Kier alpha value is -0.360. The number of carboxylic acid groups (broad SMARTS) is 2. The molecular formula is C36H76O4S2. The number of rotatable bonds is 28. The number of aliphatic carboxylic acids is 2. The van der Waals surface area contributed by atoms with Gasteiger partial charge in [-0.1, -0.05) is 182 Å². The van der Waals surface area contributed by atoms with E-state index >= 15 is 0 Å². The van der Waals surface area contributed by atoms with Crippen molar-refractivity contribution in [3.8, 4) is 0 Å². The molecule has 6 heteroatoms. The van der Waals surface area contributed by atoms with E-state index in [-0.39, 0.29) is 12.8 Å². The lowest BCUT2D eigenvalue weighted by atomic mass is 10.0. The van der Waals surface area contributed by atoms with Gasteiger partial charge >= 0.3 is 11.9 Å². The summed E-state index contributed by atoms with van der Waals surface area (Å²) in [5.41, 5.74) is 0. The Morgan fingerprint density at radius 1 is 0.357 bits per heavy atom. The summed E-state index contributed by atoms with van der Waals surface area (Å²) in [6.45, 7) is 7.77. The molecule has 0 aromatic rings. The Labute approximate surface area is 275 Å². The van der Waals surface area contributed by atoms with E-state index in [9.17, 15) is 9.59 Å². The fourth-order valence-electron chi connectivity index (χ4n) is 4.26. The van der Waals surface area contributed by atoms with Crippen LogP contribution in [0, 0.1) is 0 Å².